The van der Waals surface area contributed by atoms with Gasteiger partial charge in [0, 0.05) is 23.7 Å². The number of aromatic nitrogens is 2. The van der Waals surface area contributed by atoms with E-state index >= 15 is 0 Å². The molecule has 86 valence electrons. The first-order valence-electron chi connectivity index (χ1n) is 5.50. The van der Waals surface area contributed by atoms with Crippen molar-refractivity contribution in [3.8, 4) is 0 Å². The second-order valence-corrected chi connectivity index (χ2v) is 5.11. The number of aryl methyl sites for hydroxylation is 1. The first-order valence-corrected chi connectivity index (χ1v) is 6.55. The fourth-order valence-electron chi connectivity index (χ4n) is 1.35. The molecule has 0 saturated heterocycles. The van der Waals surface area contributed by atoms with Crippen LogP contribution in [0.25, 0.3) is 0 Å². The van der Waals surface area contributed by atoms with E-state index < -0.39 is 6.10 Å². The topological polar surface area (TPSA) is 38.1 Å². The van der Waals surface area contributed by atoms with Gasteiger partial charge >= 0.3 is 0 Å². The van der Waals surface area contributed by atoms with Crippen LogP contribution in [0.5, 0.6) is 0 Å². The number of nitrogens with zero attached hydrogens (tertiary/aromatic N) is 2. The number of aliphatic hydroxyl groups excluding tert-OH is 1. The van der Waals surface area contributed by atoms with Crippen molar-refractivity contribution in [3.05, 3.63) is 18.0 Å². The third kappa shape index (κ3) is 3.54. The first-order chi connectivity index (χ1) is 7.19. The number of hydrogen-bond acceptors (Lipinski definition) is 3. The van der Waals surface area contributed by atoms with Crippen LogP contribution in [0.1, 0.15) is 39.0 Å². The van der Waals surface area contributed by atoms with Gasteiger partial charge in [0.2, 0.25) is 0 Å². The van der Waals surface area contributed by atoms with E-state index in [4.69, 9.17) is 0 Å². The van der Waals surface area contributed by atoms with E-state index in [9.17, 15) is 5.11 Å². The Bertz CT molecular complexity index is 288. The van der Waals surface area contributed by atoms with Crippen LogP contribution >= 0.6 is 11.8 Å². The average molecular weight is 228 g/mol. The Morgan fingerprint density at radius 3 is 2.87 bits per heavy atom. The van der Waals surface area contributed by atoms with Gasteiger partial charge in [0.25, 0.3) is 0 Å². The zero-order valence-corrected chi connectivity index (χ0v) is 10.5. The molecule has 0 fully saturated rings. The van der Waals surface area contributed by atoms with E-state index in [1.807, 2.05) is 29.4 Å². The quantitative estimate of drug-likeness (QED) is 0.813. The van der Waals surface area contributed by atoms with E-state index in [1.54, 1.807) is 6.20 Å². The Kier molecular flexibility index (Phi) is 5.19. The minimum absolute atomic E-state index is 0.397. The highest BCUT2D eigenvalue weighted by atomic mass is 32.2. The van der Waals surface area contributed by atoms with E-state index in [0.717, 1.165) is 24.4 Å². The average Bonchev–Trinajstić information content (AvgIpc) is 2.73. The molecule has 0 aliphatic heterocycles. The SMILES string of the molecule is CCC(C)SCC(O)c1ccnn1CC. The Balaban J connectivity index is 2.49. The van der Waals surface area contributed by atoms with Crippen LogP contribution in [0.15, 0.2) is 12.3 Å². The van der Waals surface area contributed by atoms with Crippen molar-refractivity contribution in [2.24, 2.45) is 0 Å². The molecule has 1 aromatic heterocycles. The minimum atomic E-state index is -0.397. The van der Waals surface area contributed by atoms with Crippen molar-refractivity contribution in [3.63, 3.8) is 0 Å². The lowest BCUT2D eigenvalue weighted by Gasteiger charge is -2.14. The van der Waals surface area contributed by atoms with Crippen molar-refractivity contribution >= 4 is 11.8 Å². The lowest BCUT2D eigenvalue weighted by Crippen LogP contribution is -2.11. The van der Waals surface area contributed by atoms with E-state index in [1.165, 1.54) is 0 Å². The molecule has 2 atom stereocenters. The third-order valence-corrected chi connectivity index (χ3v) is 3.91. The van der Waals surface area contributed by atoms with Gasteiger partial charge in [-0.3, -0.25) is 4.68 Å². The number of rotatable bonds is 6. The van der Waals surface area contributed by atoms with Crippen LogP contribution in [0.2, 0.25) is 0 Å². The monoisotopic (exact) mass is 228 g/mol. The summed E-state index contributed by atoms with van der Waals surface area (Å²) in [7, 11) is 0. The molecule has 0 saturated carbocycles. The van der Waals surface area contributed by atoms with E-state index in [-0.39, 0.29) is 0 Å². The molecule has 15 heavy (non-hydrogen) atoms. The highest BCUT2D eigenvalue weighted by Gasteiger charge is 2.13. The molecule has 2 unspecified atom stereocenters. The Labute approximate surface area is 95.9 Å². The molecule has 1 heterocycles. The molecule has 1 aromatic rings. The minimum Gasteiger partial charge on any atom is -0.386 e. The maximum atomic E-state index is 9.98. The summed E-state index contributed by atoms with van der Waals surface area (Å²) in [6.45, 7) is 7.20. The Hall–Kier alpha value is -0.480. The molecular formula is C11H20N2OS. The highest BCUT2D eigenvalue weighted by molar-refractivity contribution is 7.99. The lowest BCUT2D eigenvalue weighted by molar-refractivity contribution is 0.192. The summed E-state index contributed by atoms with van der Waals surface area (Å²) in [4.78, 5) is 0. The van der Waals surface area contributed by atoms with Gasteiger partial charge in [-0.05, 0) is 19.4 Å². The maximum absolute atomic E-state index is 9.98. The largest absolute Gasteiger partial charge is 0.386 e. The van der Waals surface area contributed by atoms with Gasteiger partial charge in [-0.15, -0.1) is 0 Å². The normalized spacial score (nSPS) is 15.2. The van der Waals surface area contributed by atoms with Crippen molar-refractivity contribution < 1.29 is 5.11 Å². The molecule has 0 amide bonds. The summed E-state index contributed by atoms with van der Waals surface area (Å²) in [6, 6.07) is 1.89. The van der Waals surface area contributed by atoms with Crippen molar-refractivity contribution in [2.75, 3.05) is 5.75 Å². The molecule has 0 aliphatic carbocycles. The van der Waals surface area contributed by atoms with Gasteiger partial charge in [-0.25, -0.2) is 0 Å². The smallest absolute Gasteiger partial charge is 0.105 e. The molecule has 0 aliphatic rings. The predicted molar refractivity (Wildman–Crippen MR) is 65.1 cm³/mol. The second kappa shape index (κ2) is 6.18. The lowest BCUT2D eigenvalue weighted by atomic mass is 10.3. The van der Waals surface area contributed by atoms with E-state index in [2.05, 4.69) is 18.9 Å². The molecule has 3 nitrogen and oxygen atoms in total. The number of hydrogen-bond donors (Lipinski definition) is 1. The molecule has 1 rings (SSSR count). The van der Waals surface area contributed by atoms with Crippen LogP contribution in [0, 0.1) is 0 Å². The van der Waals surface area contributed by atoms with Crippen LogP contribution in [-0.2, 0) is 6.54 Å². The molecule has 0 radical (unpaired) electrons. The van der Waals surface area contributed by atoms with Crippen molar-refractivity contribution in [1.29, 1.82) is 0 Å². The van der Waals surface area contributed by atoms with Crippen LogP contribution < -0.4 is 0 Å². The summed E-state index contributed by atoms with van der Waals surface area (Å²) in [5.41, 5.74) is 0.924. The standard InChI is InChI=1S/C11H20N2OS/c1-4-9(3)15-8-11(14)10-6-7-12-13(10)5-2/h6-7,9,11,14H,4-5,8H2,1-3H3. The van der Waals surface area contributed by atoms with Gasteiger partial charge in [0.1, 0.15) is 6.10 Å². The second-order valence-electron chi connectivity index (χ2n) is 3.64. The van der Waals surface area contributed by atoms with Gasteiger partial charge in [-0.1, -0.05) is 13.8 Å². The van der Waals surface area contributed by atoms with Crippen LogP contribution in [0.3, 0.4) is 0 Å². The predicted octanol–water partition coefficient (Wildman–Crippen LogP) is 2.47. The van der Waals surface area contributed by atoms with Gasteiger partial charge in [0.15, 0.2) is 0 Å². The molecule has 0 bridgehead atoms. The van der Waals surface area contributed by atoms with Crippen LogP contribution in [0.4, 0.5) is 0 Å². The molecular weight excluding hydrogens is 208 g/mol. The summed E-state index contributed by atoms with van der Waals surface area (Å²) < 4.78 is 1.85. The van der Waals surface area contributed by atoms with Crippen molar-refractivity contribution in [2.45, 2.75) is 45.1 Å². The third-order valence-electron chi connectivity index (χ3n) is 2.50. The zero-order chi connectivity index (χ0) is 11.3. The maximum Gasteiger partial charge on any atom is 0.105 e. The summed E-state index contributed by atoms with van der Waals surface area (Å²) in [5, 5.41) is 14.7. The van der Waals surface area contributed by atoms with Gasteiger partial charge in [-0.2, -0.15) is 16.9 Å². The van der Waals surface area contributed by atoms with Gasteiger partial charge in [0.05, 0.1) is 5.69 Å². The summed E-state index contributed by atoms with van der Waals surface area (Å²) in [6.07, 6.45) is 2.49. The molecule has 1 N–H and O–H groups in total. The number of thioether (sulfide) groups is 1. The summed E-state index contributed by atoms with van der Waals surface area (Å²) in [5.74, 6) is 0.751. The Morgan fingerprint density at radius 1 is 1.53 bits per heavy atom. The van der Waals surface area contributed by atoms with E-state index in [0.29, 0.717) is 5.25 Å². The van der Waals surface area contributed by atoms with Gasteiger partial charge < -0.3 is 5.11 Å². The molecule has 0 aromatic carbocycles. The first kappa shape index (κ1) is 12.6. The fraction of sp³-hybridized carbons (Fsp3) is 0.727. The highest BCUT2D eigenvalue weighted by Crippen LogP contribution is 2.22. The van der Waals surface area contributed by atoms with Crippen molar-refractivity contribution in [1.82, 2.24) is 9.78 Å². The zero-order valence-electron chi connectivity index (χ0n) is 9.68. The molecule has 4 heteroatoms. The van der Waals surface area contributed by atoms with Crippen LogP contribution in [-0.4, -0.2) is 25.9 Å². The molecule has 0 spiro atoms. The fourth-order valence-corrected chi connectivity index (χ4v) is 2.27. The Morgan fingerprint density at radius 2 is 2.27 bits per heavy atom. The number of aliphatic hydroxyl groups is 1. The summed E-state index contributed by atoms with van der Waals surface area (Å²) >= 11 is 1.81.